The van der Waals surface area contributed by atoms with Gasteiger partial charge in [0.2, 0.25) is 0 Å². The molecule has 2 aliphatic heterocycles. The molecule has 0 spiro atoms. The zero-order valence-electron chi connectivity index (χ0n) is 19.0. The summed E-state index contributed by atoms with van der Waals surface area (Å²) in [6.45, 7) is 9.12. The molecule has 2 amide bonds. The molecule has 2 aromatic rings. The van der Waals surface area contributed by atoms with E-state index in [9.17, 15) is 9.59 Å². The Kier molecular flexibility index (Phi) is 6.61. The Balaban J connectivity index is 1.70. The molecule has 0 N–H and O–H groups in total. The van der Waals surface area contributed by atoms with Crippen LogP contribution in [-0.4, -0.2) is 49.6 Å². The van der Waals surface area contributed by atoms with Gasteiger partial charge in [0.15, 0.2) is 0 Å². The van der Waals surface area contributed by atoms with E-state index in [2.05, 4.69) is 20.8 Å². The molecule has 6 heteroatoms. The van der Waals surface area contributed by atoms with E-state index in [0.29, 0.717) is 55.8 Å². The molecule has 2 heterocycles. The minimum atomic E-state index is -0.295. The SMILES string of the molecule is CCc1ccc(N2C(=O)C(c3ccc(OCC(C)C)cc3)=C(N3CCOCC3)C2=O)cc1. The summed E-state index contributed by atoms with van der Waals surface area (Å²) in [7, 11) is 0. The summed E-state index contributed by atoms with van der Waals surface area (Å²) in [6, 6.07) is 15.1. The maximum Gasteiger partial charge on any atom is 0.282 e. The number of benzene rings is 2. The zero-order chi connectivity index (χ0) is 22.7. The van der Waals surface area contributed by atoms with Crippen LogP contribution in [-0.2, 0) is 20.7 Å². The number of aryl methyl sites for hydroxylation is 1. The lowest BCUT2D eigenvalue weighted by molar-refractivity contribution is -0.121. The van der Waals surface area contributed by atoms with Gasteiger partial charge in [-0.3, -0.25) is 9.59 Å². The summed E-state index contributed by atoms with van der Waals surface area (Å²) in [6.07, 6.45) is 0.899. The van der Waals surface area contributed by atoms with Gasteiger partial charge in [0.1, 0.15) is 11.4 Å². The Morgan fingerprint density at radius 2 is 1.59 bits per heavy atom. The molecule has 0 unspecified atom stereocenters. The van der Waals surface area contributed by atoms with E-state index < -0.39 is 0 Å². The molecule has 0 bridgehead atoms. The summed E-state index contributed by atoms with van der Waals surface area (Å²) in [4.78, 5) is 30.4. The molecule has 0 radical (unpaired) electrons. The van der Waals surface area contributed by atoms with Crippen LogP contribution in [0.5, 0.6) is 5.75 Å². The third kappa shape index (κ3) is 4.41. The molecule has 1 saturated heterocycles. The number of amides is 2. The molecular formula is C26H30N2O4. The summed E-state index contributed by atoms with van der Waals surface area (Å²) >= 11 is 0. The first-order chi connectivity index (χ1) is 15.5. The van der Waals surface area contributed by atoms with Crippen LogP contribution in [0.3, 0.4) is 0 Å². The average molecular weight is 435 g/mol. The van der Waals surface area contributed by atoms with Crippen molar-refractivity contribution in [2.45, 2.75) is 27.2 Å². The first-order valence-electron chi connectivity index (χ1n) is 11.3. The lowest BCUT2D eigenvalue weighted by Crippen LogP contribution is -2.40. The maximum atomic E-state index is 13.6. The monoisotopic (exact) mass is 434 g/mol. The first kappa shape index (κ1) is 22.1. The van der Waals surface area contributed by atoms with Gasteiger partial charge < -0.3 is 14.4 Å². The lowest BCUT2D eigenvalue weighted by Gasteiger charge is -2.29. The van der Waals surface area contributed by atoms with Crippen LogP contribution in [0.1, 0.15) is 31.9 Å². The summed E-state index contributed by atoms with van der Waals surface area (Å²) in [5.74, 6) is 0.597. The van der Waals surface area contributed by atoms with Crippen molar-refractivity contribution in [2.24, 2.45) is 5.92 Å². The number of carbonyl (C=O) groups excluding carboxylic acids is 2. The van der Waals surface area contributed by atoms with Crippen LogP contribution in [0.4, 0.5) is 5.69 Å². The number of anilines is 1. The third-order valence-corrected chi connectivity index (χ3v) is 5.72. The van der Waals surface area contributed by atoms with Crippen molar-refractivity contribution in [2.75, 3.05) is 37.8 Å². The number of imide groups is 1. The number of hydrogen-bond acceptors (Lipinski definition) is 5. The third-order valence-electron chi connectivity index (χ3n) is 5.72. The molecule has 2 aliphatic rings. The second-order valence-corrected chi connectivity index (χ2v) is 8.52. The van der Waals surface area contributed by atoms with Crippen molar-refractivity contribution in [1.82, 2.24) is 4.90 Å². The molecule has 6 nitrogen and oxygen atoms in total. The molecule has 0 atom stereocenters. The highest BCUT2D eigenvalue weighted by molar-refractivity contribution is 6.45. The highest BCUT2D eigenvalue weighted by Crippen LogP contribution is 2.35. The van der Waals surface area contributed by atoms with Gasteiger partial charge >= 0.3 is 0 Å². The Hall–Kier alpha value is -3.12. The fraction of sp³-hybridized carbons (Fsp3) is 0.385. The van der Waals surface area contributed by atoms with Crippen molar-refractivity contribution in [1.29, 1.82) is 0 Å². The second-order valence-electron chi connectivity index (χ2n) is 8.52. The number of nitrogens with zero attached hydrogens (tertiary/aromatic N) is 2. The molecule has 32 heavy (non-hydrogen) atoms. The number of morpholine rings is 1. The van der Waals surface area contributed by atoms with Crippen LogP contribution >= 0.6 is 0 Å². The zero-order valence-corrected chi connectivity index (χ0v) is 19.0. The quantitative estimate of drug-likeness (QED) is 0.619. The molecule has 0 aromatic heterocycles. The normalized spacial score (nSPS) is 17.0. The van der Waals surface area contributed by atoms with E-state index in [1.54, 1.807) is 0 Å². The van der Waals surface area contributed by atoms with E-state index in [0.717, 1.165) is 23.3 Å². The molecular weight excluding hydrogens is 404 g/mol. The van der Waals surface area contributed by atoms with Gasteiger partial charge in [-0.1, -0.05) is 45.0 Å². The second kappa shape index (κ2) is 9.57. The van der Waals surface area contributed by atoms with Crippen molar-refractivity contribution in [3.05, 3.63) is 65.4 Å². The minimum Gasteiger partial charge on any atom is -0.493 e. The predicted molar refractivity (Wildman–Crippen MR) is 124 cm³/mol. The summed E-state index contributed by atoms with van der Waals surface area (Å²) < 4.78 is 11.3. The van der Waals surface area contributed by atoms with Crippen molar-refractivity contribution in [3.63, 3.8) is 0 Å². The van der Waals surface area contributed by atoms with Gasteiger partial charge in [-0.05, 0) is 47.7 Å². The molecule has 168 valence electrons. The Bertz CT molecular complexity index is 1000. The van der Waals surface area contributed by atoms with E-state index in [1.165, 1.54) is 4.90 Å². The fourth-order valence-electron chi connectivity index (χ4n) is 3.95. The lowest BCUT2D eigenvalue weighted by atomic mass is 10.0. The topological polar surface area (TPSA) is 59.1 Å². The standard InChI is InChI=1S/C26H30N2O4/c1-4-19-5-9-21(10-6-19)28-25(29)23(24(26(28)30)27-13-15-31-16-14-27)20-7-11-22(12-8-20)32-17-18(2)3/h5-12,18H,4,13-17H2,1-3H3. The van der Waals surface area contributed by atoms with E-state index in [1.807, 2.05) is 53.4 Å². The Morgan fingerprint density at radius 3 is 2.19 bits per heavy atom. The molecule has 2 aromatic carbocycles. The smallest absolute Gasteiger partial charge is 0.282 e. The number of rotatable bonds is 7. The highest BCUT2D eigenvalue weighted by Gasteiger charge is 2.42. The van der Waals surface area contributed by atoms with Crippen LogP contribution in [0.15, 0.2) is 54.2 Å². The average Bonchev–Trinajstić information content (AvgIpc) is 3.08. The first-order valence-corrected chi connectivity index (χ1v) is 11.3. The van der Waals surface area contributed by atoms with E-state index >= 15 is 0 Å². The number of ether oxygens (including phenoxy) is 2. The number of carbonyl (C=O) groups is 2. The minimum absolute atomic E-state index is 0.281. The van der Waals surface area contributed by atoms with Crippen molar-refractivity contribution >= 4 is 23.1 Å². The van der Waals surface area contributed by atoms with Gasteiger partial charge in [0.05, 0.1) is 31.1 Å². The van der Waals surface area contributed by atoms with E-state index in [-0.39, 0.29) is 11.8 Å². The highest BCUT2D eigenvalue weighted by atomic mass is 16.5. The fourth-order valence-corrected chi connectivity index (χ4v) is 3.95. The Morgan fingerprint density at radius 1 is 0.938 bits per heavy atom. The van der Waals surface area contributed by atoms with Crippen LogP contribution in [0, 0.1) is 5.92 Å². The predicted octanol–water partition coefficient (Wildman–Crippen LogP) is 3.90. The van der Waals surface area contributed by atoms with Crippen molar-refractivity contribution in [3.8, 4) is 5.75 Å². The maximum absolute atomic E-state index is 13.6. The van der Waals surface area contributed by atoms with Gasteiger partial charge in [0.25, 0.3) is 11.8 Å². The summed E-state index contributed by atoms with van der Waals surface area (Å²) in [5.41, 5.74) is 3.36. The molecule has 0 saturated carbocycles. The number of hydrogen-bond donors (Lipinski definition) is 0. The largest absolute Gasteiger partial charge is 0.493 e. The summed E-state index contributed by atoms with van der Waals surface area (Å²) in [5, 5.41) is 0. The van der Waals surface area contributed by atoms with E-state index in [4.69, 9.17) is 9.47 Å². The van der Waals surface area contributed by atoms with Crippen molar-refractivity contribution < 1.29 is 19.1 Å². The Labute approximate surface area is 189 Å². The van der Waals surface area contributed by atoms with Gasteiger partial charge in [-0.25, -0.2) is 4.90 Å². The van der Waals surface area contributed by atoms with Crippen LogP contribution in [0.25, 0.3) is 5.57 Å². The van der Waals surface area contributed by atoms with Crippen LogP contribution in [0.2, 0.25) is 0 Å². The van der Waals surface area contributed by atoms with Crippen LogP contribution < -0.4 is 9.64 Å². The molecule has 4 rings (SSSR count). The molecule has 0 aliphatic carbocycles. The van der Waals surface area contributed by atoms with Gasteiger partial charge in [-0.15, -0.1) is 0 Å². The van der Waals surface area contributed by atoms with Gasteiger partial charge in [0, 0.05) is 13.1 Å². The van der Waals surface area contributed by atoms with Gasteiger partial charge in [-0.2, -0.15) is 0 Å². The molecule has 1 fully saturated rings.